The molecule has 1 aliphatic heterocycles. The van der Waals surface area contributed by atoms with Gasteiger partial charge in [-0.05, 0) is 30.3 Å². The Hall–Kier alpha value is -3.68. The monoisotopic (exact) mass is 368 g/mol. The topological polar surface area (TPSA) is 99.0 Å². The molecule has 4 rings (SSSR count). The summed E-state index contributed by atoms with van der Waals surface area (Å²) in [4.78, 5) is 24.3. The van der Waals surface area contributed by atoms with Crippen molar-refractivity contribution < 1.29 is 28.2 Å². The Bertz CT molecular complexity index is 1030. The van der Waals surface area contributed by atoms with Gasteiger partial charge < -0.3 is 18.6 Å². The number of amides is 2. The second kappa shape index (κ2) is 6.91. The van der Waals surface area contributed by atoms with E-state index < -0.39 is 5.91 Å². The zero-order chi connectivity index (χ0) is 18.8. The second-order valence-electron chi connectivity index (χ2n) is 5.87. The molecule has 3 aromatic rings. The van der Waals surface area contributed by atoms with Crippen molar-refractivity contribution in [3.63, 3.8) is 0 Å². The van der Waals surface area contributed by atoms with Crippen LogP contribution in [0, 0.1) is 0 Å². The molecular weight excluding hydrogens is 352 g/mol. The molecule has 0 fully saturated rings. The van der Waals surface area contributed by atoms with Crippen LogP contribution in [0.2, 0.25) is 0 Å². The predicted molar refractivity (Wildman–Crippen MR) is 94.6 cm³/mol. The van der Waals surface area contributed by atoms with Crippen molar-refractivity contribution in [1.29, 1.82) is 0 Å². The molecule has 8 heteroatoms. The molecule has 2 N–H and O–H groups in total. The Kier molecular flexibility index (Phi) is 4.29. The van der Waals surface area contributed by atoms with Crippen LogP contribution in [0.25, 0.3) is 11.0 Å². The number of methoxy groups -OCH3 is 1. The Labute approximate surface area is 154 Å². The number of furan rings is 1. The van der Waals surface area contributed by atoms with Gasteiger partial charge in [0.15, 0.2) is 11.5 Å². The number of fused-ring (bicyclic) bond motifs is 2. The number of ether oxygens (including phenoxy) is 3. The van der Waals surface area contributed by atoms with Crippen LogP contribution in [0.5, 0.6) is 17.2 Å². The van der Waals surface area contributed by atoms with Gasteiger partial charge in [-0.1, -0.05) is 0 Å². The molecule has 138 valence electrons. The summed E-state index contributed by atoms with van der Waals surface area (Å²) in [5, 5.41) is 0.813. The fraction of sp³-hybridized carbons (Fsp3) is 0.158. The highest BCUT2D eigenvalue weighted by Crippen LogP contribution is 2.32. The Morgan fingerprint density at radius 1 is 1.07 bits per heavy atom. The quantitative estimate of drug-likeness (QED) is 0.685. The third kappa shape index (κ3) is 3.37. The summed E-state index contributed by atoms with van der Waals surface area (Å²) < 4.78 is 21.0. The molecule has 2 amide bonds. The third-order valence-corrected chi connectivity index (χ3v) is 4.16. The summed E-state index contributed by atoms with van der Waals surface area (Å²) in [6.07, 6.45) is 1.57. The minimum absolute atomic E-state index is 0.0563. The Balaban J connectivity index is 1.38. The second-order valence-corrected chi connectivity index (χ2v) is 5.87. The summed E-state index contributed by atoms with van der Waals surface area (Å²) in [6, 6.07) is 10.2. The first kappa shape index (κ1) is 16.8. The molecular formula is C19H16N2O6. The lowest BCUT2D eigenvalue weighted by atomic mass is 10.1. The average molecular weight is 368 g/mol. The van der Waals surface area contributed by atoms with Gasteiger partial charge in [0.1, 0.15) is 11.3 Å². The van der Waals surface area contributed by atoms with Crippen LogP contribution < -0.4 is 25.1 Å². The van der Waals surface area contributed by atoms with Gasteiger partial charge in [-0.25, -0.2) is 0 Å². The molecule has 2 heterocycles. The van der Waals surface area contributed by atoms with E-state index in [1.54, 1.807) is 37.4 Å². The van der Waals surface area contributed by atoms with Crippen molar-refractivity contribution in [2.45, 2.75) is 6.42 Å². The zero-order valence-electron chi connectivity index (χ0n) is 14.4. The molecule has 0 radical (unpaired) electrons. The average Bonchev–Trinajstić information content (AvgIpc) is 3.32. The molecule has 1 aromatic heterocycles. The van der Waals surface area contributed by atoms with Crippen molar-refractivity contribution in [3.8, 4) is 17.2 Å². The Morgan fingerprint density at radius 2 is 1.93 bits per heavy atom. The van der Waals surface area contributed by atoms with Crippen LogP contribution >= 0.6 is 0 Å². The Morgan fingerprint density at radius 3 is 2.78 bits per heavy atom. The molecule has 0 saturated heterocycles. The highest BCUT2D eigenvalue weighted by atomic mass is 16.7. The minimum atomic E-state index is -0.455. The van der Waals surface area contributed by atoms with Crippen LogP contribution in [0.3, 0.4) is 0 Å². The van der Waals surface area contributed by atoms with Crippen LogP contribution in [0.1, 0.15) is 15.9 Å². The van der Waals surface area contributed by atoms with E-state index in [0.29, 0.717) is 34.0 Å². The molecule has 0 aliphatic carbocycles. The number of hydrazine groups is 1. The van der Waals surface area contributed by atoms with E-state index in [9.17, 15) is 9.59 Å². The van der Waals surface area contributed by atoms with Crippen LogP contribution in [0.4, 0.5) is 0 Å². The third-order valence-electron chi connectivity index (χ3n) is 4.16. The van der Waals surface area contributed by atoms with E-state index in [0.717, 1.165) is 5.39 Å². The molecule has 2 aromatic carbocycles. The van der Waals surface area contributed by atoms with Gasteiger partial charge in [0.2, 0.25) is 12.7 Å². The fourth-order valence-electron chi connectivity index (χ4n) is 2.78. The summed E-state index contributed by atoms with van der Waals surface area (Å²) in [5.41, 5.74) is 6.47. The first-order valence-corrected chi connectivity index (χ1v) is 8.17. The normalized spacial score (nSPS) is 12.0. The fourth-order valence-corrected chi connectivity index (χ4v) is 2.78. The minimum Gasteiger partial charge on any atom is -0.497 e. The van der Waals surface area contributed by atoms with Gasteiger partial charge >= 0.3 is 0 Å². The van der Waals surface area contributed by atoms with E-state index in [4.69, 9.17) is 18.6 Å². The van der Waals surface area contributed by atoms with Gasteiger partial charge in [0.25, 0.3) is 5.91 Å². The van der Waals surface area contributed by atoms with Gasteiger partial charge in [0, 0.05) is 22.6 Å². The van der Waals surface area contributed by atoms with Crippen molar-refractivity contribution in [3.05, 3.63) is 53.8 Å². The molecule has 27 heavy (non-hydrogen) atoms. The van der Waals surface area contributed by atoms with E-state index >= 15 is 0 Å². The standard InChI is InChI=1S/C19H16N2O6/c1-24-13-3-4-14-12(9-25-16(14)8-13)7-18(22)20-21-19(23)11-2-5-15-17(6-11)27-10-26-15/h2-6,8-9H,7,10H2,1H3,(H,20,22)(H,21,23). The van der Waals surface area contributed by atoms with E-state index in [1.165, 1.54) is 6.26 Å². The van der Waals surface area contributed by atoms with E-state index in [-0.39, 0.29) is 19.1 Å². The lowest BCUT2D eigenvalue weighted by Crippen LogP contribution is -2.42. The summed E-state index contributed by atoms with van der Waals surface area (Å²) in [7, 11) is 1.57. The molecule has 0 unspecified atom stereocenters. The van der Waals surface area contributed by atoms with E-state index in [2.05, 4.69) is 10.9 Å². The summed E-state index contributed by atoms with van der Waals surface area (Å²) in [5.74, 6) is 0.920. The lowest BCUT2D eigenvalue weighted by Gasteiger charge is -2.07. The maximum absolute atomic E-state index is 12.2. The summed E-state index contributed by atoms with van der Waals surface area (Å²) in [6.45, 7) is 0.127. The number of hydrogen-bond acceptors (Lipinski definition) is 6. The van der Waals surface area contributed by atoms with Gasteiger partial charge in [-0.2, -0.15) is 0 Å². The maximum Gasteiger partial charge on any atom is 0.269 e. The highest BCUT2D eigenvalue weighted by molar-refractivity contribution is 5.96. The van der Waals surface area contributed by atoms with Crippen molar-refractivity contribution >= 4 is 22.8 Å². The van der Waals surface area contributed by atoms with Gasteiger partial charge in [0.05, 0.1) is 19.8 Å². The first-order valence-electron chi connectivity index (χ1n) is 8.17. The molecule has 0 spiro atoms. The number of rotatable bonds is 4. The van der Waals surface area contributed by atoms with Crippen LogP contribution in [-0.2, 0) is 11.2 Å². The molecule has 0 atom stereocenters. The number of benzene rings is 2. The maximum atomic E-state index is 12.2. The largest absolute Gasteiger partial charge is 0.497 e. The number of hydrogen-bond donors (Lipinski definition) is 2. The zero-order valence-corrected chi connectivity index (χ0v) is 14.4. The van der Waals surface area contributed by atoms with Crippen molar-refractivity contribution in [2.24, 2.45) is 0 Å². The van der Waals surface area contributed by atoms with Crippen LogP contribution in [-0.4, -0.2) is 25.7 Å². The predicted octanol–water partition coefficient (Wildman–Crippen LogP) is 2.17. The number of nitrogens with one attached hydrogen (secondary N) is 2. The number of carbonyl (C=O) groups excluding carboxylic acids is 2. The highest BCUT2D eigenvalue weighted by Gasteiger charge is 2.17. The molecule has 0 saturated carbocycles. The molecule has 0 bridgehead atoms. The number of carbonyl (C=O) groups is 2. The SMILES string of the molecule is COc1ccc2c(CC(=O)NNC(=O)c3ccc4c(c3)OCO4)coc2c1. The van der Waals surface area contributed by atoms with Crippen molar-refractivity contribution in [2.75, 3.05) is 13.9 Å². The van der Waals surface area contributed by atoms with E-state index in [1.807, 2.05) is 6.07 Å². The summed E-state index contributed by atoms with van der Waals surface area (Å²) >= 11 is 0. The molecule has 1 aliphatic rings. The van der Waals surface area contributed by atoms with Gasteiger partial charge in [-0.3, -0.25) is 20.4 Å². The molecule has 8 nitrogen and oxygen atoms in total. The first-order chi connectivity index (χ1) is 13.1. The van der Waals surface area contributed by atoms with Crippen molar-refractivity contribution in [1.82, 2.24) is 10.9 Å². The van der Waals surface area contributed by atoms with Crippen LogP contribution in [0.15, 0.2) is 47.1 Å². The lowest BCUT2D eigenvalue weighted by molar-refractivity contribution is -0.121. The van der Waals surface area contributed by atoms with Gasteiger partial charge in [-0.15, -0.1) is 0 Å². The smallest absolute Gasteiger partial charge is 0.269 e.